The minimum Gasteiger partial charge on any atom is -0.379 e. The molecule has 1 aliphatic rings. The second kappa shape index (κ2) is 9.46. The quantitative estimate of drug-likeness (QED) is 0.393. The molecule has 0 aromatic rings. The standard InChI is InChI=1S/C12H25N3O3S2/c1-13-12(15-11-4-3-8-19-10-11)14-5-6-18-7-9-20(2,16)17/h11H,3-10H2,1-2H3,(H2,13,14,15). The number of sulfone groups is 1. The van der Waals surface area contributed by atoms with Crippen molar-refractivity contribution in [1.82, 2.24) is 10.6 Å². The van der Waals surface area contributed by atoms with Gasteiger partial charge in [-0.05, 0) is 18.6 Å². The van der Waals surface area contributed by atoms with Crippen molar-refractivity contribution in [3.63, 3.8) is 0 Å². The number of aliphatic imine (C=N–C) groups is 1. The van der Waals surface area contributed by atoms with Crippen LogP contribution >= 0.6 is 11.8 Å². The summed E-state index contributed by atoms with van der Waals surface area (Å²) in [7, 11) is -1.19. The third-order valence-corrected chi connectivity index (χ3v) is 4.99. The van der Waals surface area contributed by atoms with Gasteiger partial charge in [0.25, 0.3) is 0 Å². The number of guanidine groups is 1. The monoisotopic (exact) mass is 323 g/mol. The Labute approximate surface area is 126 Å². The number of nitrogens with zero attached hydrogens (tertiary/aromatic N) is 1. The van der Waals surface area contributed by atoms with Gasteiger partial charge in [0.05, 0.1) is 19.0 Å². The normalized spacial score (nSPS) is 20.7. The number of nitrogens with one attached hydrogen (secondary N) is 2. The van der Waals surface area contributed by atoms with Gasteiger partial charge in [-0.25, -0.2) is 8.42 Å². The summed E-state index contributed by atoms with van der Waals surface area (Å²) in [4.78, 5) is 4.17. The molecule has 0 saturated carbocycles. The first-order valence-corrected chi connectivity index (χ1v) is 10.0. The zero-order valence-electron chi connectivity index (χ0n) is 12.2. The van der Waals surface area contributed by atoms with E-state index < -0.39 is 9.84 Å². The summed E-state index contributed by atoms with van der Waals surface area (Å²) in [6.07, 6.45) is 3.63. The number of ether oxygens (including phenoxy) is 1. The fraction of sp³-hybridized carbons (Fsp3) is 0.917. The second-order valence-corrected chi connectivity index (χ2v) is 8.21. The predicted octanol–water partition coefficient (Wildman–Crippen LogP) is 0.108. The van der Waals surface area contributed by atoms with Crippen molar-refractivity contribution >= 4 is 27.6 Å². The van der Waals surface area contributed by atoms with Crippen LogP contribution in [0.5, 0.6) is 0 Å². The fourth-order valence-corrected chi connectivity index (χ4v) is 3.29. The molecule has 1 fully saturated rings. The molecule has 0 aliphatic carbocycles. The molecule has 8 heteroatoms. The van der Waals surface area contributed by atoms with Crippen molar-refractivity contribution in [2.75, 3.05) is 50.3 Å². The van der Waals surface area contributed by atoms with Crippen LogP contribution in [0.15, 0.2) is 4.99 Å². The molecule has 1 unspecified atom stereocenters. The molecule has 0 aromatic carbocycles. The summed E-state index contributed by atoms with van der Waals surface area (Å²) in [5.74, 6) is 3.22. The molecule has 2 N–H and O–H groups in total. The van der Waals surface area contributed by atoms with Crippen molar-refractivity contribution in [1.29, 1.82) is 0 Å². The van der Waals surface area contributed by atoms with E-state index >= 15 is 0 Å². The Morgan fingerprint density at radius 1 is 1.45 bits per heavy atom. The van der Waals surface area contributed by atoms with E-state index in [0.29, 0.717) is 19.2 Å². The smallest absolute Gasteiger partial charge is 0.191 e. The van der Waals surface area contributed by atoms with Crippen molar-refractivity contribution in [2.45, 2.75) is 18.9 Å². The zero-order chi connectivity index (χ0) is 14.8. The van der Waals surface area contributed by atoms with Crippen molar-refractivity contribution in [2.24, 2.45) is 4.99 Å². The van der Waals surface area contributed by atoms with E-state index in [1.54, 1.807) is 7.05 Å². The lowest BCUT2D eigenvalue weighted by atomic mass is 10.2. The van der Waals surface area contributed by atoms with Crippen LogP contribution in [0.25, 0.3) is 0 Å². The molecule has 20 heavy (non-hydrogen) atoms. The van der Waals surface area contributed by atoms with E-state index in [2.05, 4.69) is 15.6 Å². The summed E-state index contributed by atoms with van der Waals surface area (Å²) < 4.78 is 27.1. The average Bonchev–Trinajstić information content (AvgIpc) is 2.41. The van der Waals surface area contributed by atoms with Crippen LogP contribution in [0.3, 0.4) is 0 Å². The summed E-state index contributed by atoms with van der Waals surface area (Å²) >= 11 is 1.97. The lowest BCUT2D eigenvalue weighted by Gasteiger charge is -2.24. The Morgan fingerprint density at radius 3 is 2.85 bits per heavy atom. The third-order valence-electron chi connectivity index (χ3n) is 2.86. The molecule has 1 atom stereocenters. The van der Waals surface area contributed by atoms with Gasteiger partial charge >= 0.3 is 0 Å². The van der Waals surface area contributed by atoms with Gasteiger partial charge in [-0.3, -0.25) is 4.99 Å². The van der Waals surface area contributed by atoms with Crippen LogP contribution in [-0.4, -0.2) is 70.7 Å². The molecule has 0 radical (unpaired) electrons. The Hall–Kier alpha value is -0.470. The van der Waals surface area contributed by atoms with Crippen molar-refractivity contribution in [3.8, 4) is 0 Å². The SMILES string of the molecule is CN=C(NCCOCCS(C)(=O)=O)NC1CCCSC1. The molecule has 0 amide bonds. The van der Waals surface area contributed by atoms with Crippen LogP contribution in [0.4, 0.5) is 0 Å². The van der Waals surface area contributed by atoms with Gasteiger partial charge in [0.2, 0.25) is 0 Å². The van der Waals surface area contributed by atoms with E-state index in [1.807, 2.05) is 11.8 Å². The van der Waals surface area contributed by atoms with Crippen LogP contribution in [-0.2, 0) is 14.6 Å². The van der Waals surface area contributed by atoms with Gasteiger partial charge < -0.3 is 15.4 Å². The molecule has 0 spiro atoms. The Kier molecular flexibility index (Phi) is 8.32. The molecule has 0 aromatic heterocycles. The maximum Gasteiger partial charge on any atom is 0.191 e. The molecule has 6 nitrogen and oxygen atoms in total. The molecular formula is C12H25N3O3S2. The highest BCUT2D eigenvalue weighted by molar-refractivity contribution is 7.99. The van der Waals surface area contributed by atoms with Gasteiger partial charge in [-0.15, -0.1) is 0 Å². The van der Waals surface area contributed by atoms with E-state index in [1.165, 1.54) is 24.9 Å². The van der Waals surface area contributed by atoms with Crippen molar-refractivity contribution < 1.29 is 13.2 Å². The Balaban J connectivity index is 2.09. The minimum absolute atomic E-state index is 0.0687. The van der Waals surface area contributed by atoms with E-state index in [4.69, 9.17) is 4.74 Å². The first-order chi connectivity index (χ1) is 9.51. The average molecular weight is 323 g/mol. The fourth-order valence-electron chi connectivity index (χ4n) is 1.80. The Bertz CT molecular complexity index is 393. The van der Waals surface area contributed by atoms with E-state index in [-0.39, 0.29) is 12.4 Å². The lowest BCUT2D eigenvalue weighted by molar-refractivity contribution is 0.154. The summed E-state index contributed by atoms with van der Waals surface area (Å²) in [5.41, 5.74) is 0. The van der Waals surface area contributed by atoms with E-state index in [0.717, 1.165) is 11.7 Å². The zero-order valence-corrected chi connectivity index (χ0v) is 13.9. The molecule has 1 aliphatic heterocycles. The first-order valence-electron chi connectivity index (χ1n) is 6.81. The number of hydrogen-bond donors (Lipinski definition) is 2. The Morgan fingerprint density at radius 2 is 2.25 bits per heavy atom. The van der Waals surface area contributed by atoms with Gasteiger partial charge in [0.15, 0.2) is 5.96 Å². The van der Waals surface area contributed by atoms with E-state index in [9.17, 15) is 8.42 Å². The minimum atomic E-state index is -2.94. The molecule has 0 bridgehead atoms. The second-order valence-electron chi connectivity index (χ2n) is 4.80. The molecule has 118 valence electrons. The van der Waals surface area contributed by atoms with Crippen LogP contribution in [0, 0.1) is 0 Å². The maximum absolute atomic E-state index is 10.9. The number of hydrogen-bond acceptors (Lipinski definition) is 5. The van der Waals surface area contributed by atoms with Crippen LogP contribution in [0.2, 0.25) is 0 Å². The topological polar surface area (TPSA) is 79.8 Å². The largest absolute Gasteiger partial charge is 0.379 e. The summed E-state index contributed by atoms with van der Waals surface area (Å²) in [6.45, 7) is 1.32. The third kappa shape index (κ3) is 8.65. The van der Waals surface area contributed by atoms with Crippen LogP contribution < -0.4 is 10.6 Å². The van der Waals surface area contributed by atoms with Gasteiger partial charge in [0, 0.05) is 31.6 Å². The predicted molar refractivity (Wildman–Crippen MR) is 85.4 cm³/mol. The first kappa shape index (κ1) is 17.6. The highest BCUT2D eigenvalue weighted by atomic mass is 32.2. The summed E-state index contributed by atoms with van der Waals surface area (Å²) in [6, 6.07) is 0.478. The van der Waals surface area contributed by atoms with Crippen LogP contribution in [0.1, 0.15) is 12.8 Å². The maximum atomic E-state index is 10.9. The van der Waals surface area contributed by atoms with Gasteiger partial charge in [-0.1, -0.05) is 0 Å². The molecule has 1 rings (SSSR count). The highest BCUT2D eigenvalue weighted by Crippen LogP contribution is 2.16. The van der Waals surface area contributed by atoms with Crippen molar-refractivity contribution in [3.05, 3.63) is 0 Å². The van der Waals surface area contributed by atoms with Gasteiger partial charge in [-0.2, -0.15) is 11.8 Å². The summed E-state index contributed by atoms with van der Waals surface area (Å²) in [5, 5.41) is 6.56. The highest BCUT2D eigenvalue weighted by Gasteiger charge is 2.14. The number of thioether (sulfide) groups is 1. The molecular weight excluding hydrogens is 298 g/mol. The number of rotatable bonds is 7. The molecule has 1 heterocycles. The lowest BCUT2D eigenvalue weighted by Crippen LogP contribution is -2.46. The molecule has 1 saturated heterocycles. The van der Waals surface area contributed by atoms with Gasteiger partial charge in [0.1, 0.15) is 9.84 Å².